The van der Waals surface area contributed by atoms with E-state index in [0.29, 0.717) is 5.03 Å². The fraction of sp³-hybridized carbons (Fsp3) is 0.143. The minimum absolute atomic E-state index is 0.138. The summed E-state index contributed by atoms with van der Waals surface area (Å²) in [4.78, 5) is 12.1. The zero-order valence-corrected chi connectivity index (χ0v) is 13.1. The third-order valence-electron chi connectivity index (χ3n) is 2.57. The van der Waals surface area contributed by atoms with Crippen LogP contribution in [0.5, 0.6) is 0 Å². The first-order valence-corrected chi connectivity index (χ1v) is 7.65. The molecule has 0 saturated heterocycles. The first-order chi connectivity index (χ1) is 9.56. The number of carbonyl (C=O) groups excluding carboxylic acids is 1. The molecule has 0 unspecified atom stereocenters. The van der Waals surface area contributed by atoms with Gasteiger partial charge in [0.05, 0.1) is 5.25 Å². The highest BCUT2D eigenvalue weighted by Gasteiger charge is 2.18. The lowest BCUT2D eigenvalue weighted by Crippen LogP contribution is -2.30. The van der Waals surface area contributed by atoms with Crippen LogP contribution in [0.4, 0.5) is 5.69 Å². The first-order valence-electron chi connectivity index (χ1n) is 5.97. The van der Waals surface area contributed by atoms with Gasteiger partial charge in [-0.25, -0.2) is 0 Å². The molecule has 1 heterocycles. The number of halogens is 1. The number of anilines is 1. The van der Waals surface area contributed by atoms with Gasteiger partial charge in [-0.1, -0.05) is 15.9 Å². The Morgan fingerprint density at radius 1 is 1.30 bits per heavy atom. The minimum atomic E-state index is -0.360. The Bertz CT molecular complexity index is 604. The van der Waals surface area contributed by atoms with Crippen molar-refractivity contribution in [3.8, 4) is 0 Å². The quantitative estimate of drug-likeness (QED) is 0.522. The molecule has 0 spiro atoms. The van der Waals surface area contributed by atoms with Crippen LogP contribution < -0.4 is 10.0 Å². The molecular formula is C14H13BrN2O2S. The van der Waals surface area contributed by atoms with Crippen LogP contribution in [0, 0.1) is 5.21 Å². The maximum atomic E-state index is 12.1. The second-order valence-electron chi connectivity index (χ2n) is 4.12. The Hall–Kier alpha value is -1.53. The summed E-state index contributed by atoms with van der Waals surface area (Å²) in [5.41, 5.74) is 0.730. The topological polar surface area (TPSA) is 56.0 Å². The molecule has 1 N–H and O–H groups in total. The zero-order valence-electron chi connectivity index (χ0n) is 10.7. The second-order valence-corrected chi connectivity index (χ2v) is 6.40. The Morgan fingerprint density at radius 2 is 2.00 bits per heavy atom. The van der Waals surface area contributed by atoms with Crippen molar-refractivity contribution in [3.05, 3.63) is 58.3 Å². The SMILES string of the molecule is C[C@@H](Sc1cccc[n+]1[O-])C(=O)Nc1ccc(Br)cc1. The lowest BCUT2D eigenvalue weighted by Gasteiger charge is -2.11. The molecule has 1 atom stereocenters. The number of thioether (sulfide) groups is 1. The number of nitrogens with one attached hydrogen (secondary N) is 1. The van der Waals surface area contributed by atoms with Gasteiger partial charge >= 0.3 is 0 Å². The van der Waals surface area contributed by atoms with Crippen LogP contribution in [-0.4, -0.2) is 11.2 Å². The number of hydrogen-bond acceptors (Lipinski definition) is 3. The average molecular weight is 353 g/mol. The van der Waals surface area contributed by atoms with Crippen molar-refractivity contribution in [1.29, 1.82) is 0 Å². The number of nitrogens with zero attached hydrogens (tertiary/aromatic N) is 1. The van der Waals surface area contributed by atoms with Crippen LogP contribution in [-0.2, 0) is 4.79 Å². The third-order valence-corrected chi connectivity index (χ3v) is 4.22. The molecule has 0 aliphatic rings. The monoisotopic (exact) mass is 352 g/mol. The molecule has 104 valence electrons. The van der Waals surface area contributed by atoms with Crippen molar-refractivity contribution in [2.75, 3.05) is 5.32 Å². The number of rotatable bonds is 4. The molecule has 0 bridgehead atoms. The number of pyridine rings is 1. The highest BCUT2D eigenvalue weighted by molar-refractivity contribution is 9.10. The van der Waals surface area contributed by atoms with Crippen LogP contribution in [0.1, 0.15) is 6.92 Å². The van der Waals surface area contributed by atoms with Crippen LogP contribution in [0.2, 0.25) is 0 Å². The largest absolute Gasteiger partial charge is 0.618 e. The predicted octanol–water partition coefficient (Wildman–Crippen LogP) is 3.20. The Morgan fingerprint density at radius 3 is 2.65 bits per heavy atom. The van der Waals surface area contributed by atoms with Gasteiger partial charge < -0.3 is 10.5 Å². The van der Waals surface area contributed by atoms with E-state index in [1.54, 1.807) is 25.1 Å². The van der Waals surface area contributed by atoms with Crippen LogP contribution in [0.3, 0.4) is 0 Å². The summed E-state index contributed by atoms with van der Waals surface area (Å²) in [6, 6.07) is 12.5. The fourth-order valence-corrected chi connectivity index (χ4v) is 2.63. The molecular weight excluding hydrogens is 340 g/mol. The smallest absolute Gasteiger partial charge is 0.252 e. The molecule has 1 amide bonds. The fourth-order valence-electron chi connectivity index (χ4n) is 1.52. The van der Waals surface area contributed by atoms with Crippen molar-refractivity contribution >= 4 is 39.3 Å². The van der Waals surface area contributed by atoms with Crippen molar-refractivity contribution in [3.63, 3.8) is 0 Å². The summed E-state index contributed by atoms with van der Waals surface area (Å²) < 4.78 is 1.71. The van der Waals surface area contributed by atoms with Gasteiger partial charge in [0.15, 0.2) is 6.20 Å². The summed E-state index contributed by atoms with van der Waals surface area (Å²) >= 11 is 4.57. The van der Waals surface area contributed by atoms with Gasteiger partial charge in [0, 0.05) is 22.3 Å². The van der Waals surface area contributed by atoms with E-state index in [1.807, 2.05) is 24.3 Å². The summed E-state index contributed by atoms with van der Waals surface area (Å²) in [5.74, 6) is -0.138. The van der Waals surface area contributed by atoms with Gasteiger partial charge in [-0.15, -0.1) is 0 Å². The Kier molecular flexibility index (Phi) is 5.03. The summed E-state index contributed by atoms with van der Waals surface area (Å²) in [5, 5.41) is 14.5. The zero-order chi connectivity index (χ0) is 14.5. The van der Waals surface area contributed by atoms with Crippen molar-refractivity contribution in [2.45, 2.75) is 17.2 Å². The Balaban J connectivity index is 1.99. The van der Waals surface area contributed by atoms with Gasteiger partial charge in [-0.2, -0.15) is 4.73 Å². The summed E-state index contributed by atoms with van der Waals surface area (Å²) in [6.07, 6.45) is 1.42. The van der Waals surface area contributed by atoms with E-state index < -0.39 is 0 Å². The Labute approximate surface area is 129 Å². The molecule has 0 radical (unpaired) electrons. The number of carbonyl (C=O) groups is 1. The van der Waals surface area contributed by atoms with Crippen LogP contribution >= 0.6 is 27.7 Å². The lowest BCUT2D eigenvalue weighted by atomic mass is 10.3. The molecule has 0 fully saturated rings. The van der Waals surface area contributed by atoms with E-state index in [-0.39, 0.29) is 11.2 Å². The van der Waals surface area contributed by atoms with Gasteiger partial charge in [-0.05, 0) is 49.0 Å². The highest BCUT2D eigenvalue weighted by atomic mass is 79.9. The van der Waals surface area contributed by atoms with Gasteiger partial charge in [0.1, 0.15) is 0 Å². The van der Waals surface area contributed by atoms with Gasteiger partial charge in [0.25, 0.3) is 5.03 Å². The van der Waals surface area contributed by atoms with E-state index in [0.717, 1.165) is 14.9 Å². The van der Waals surface area contributed by atoms with E-state index in [2.05, 4.69) is 21.2 Å². The highest BCUT2D eigenvalue weighted by Crippen LogP contribution is 2.21. The molecule has 0 saturated carbocycles. The molecule has 0 aliphatic carbocycles. The number of aromatic nitrogens is 1. The summed E-state index contributed by atoms with van der Waals surface area (Å²) in [7, 11) is 0. The van der Waals surface area contributed by atoms with E-state index >= 15 is 0 Å². The standard InChI is InChI=1S/C14H13BrN2O2S/c1-10(20-13-4-2-3-9-17(13)19)14(18)16-12-7-5-11(15)6-8-12/h2-10H,1H3,(H,16,18)/t10-/m1/s1. The molecule has 6 heteroatoms. The van der Waals surface area contributed by atoms with Gasteiger partial charge in [-0.3, -0.25) is 4.79 Å². The van der Waals surface area contributed by atoms with Gasteiger partial charge in [0.2, 0.25) is 5.91 Å². The maximum absolute atomic E-state index is 12.1. The molecule has 20 heavy (non-hydrogen) atoms. The lowest BCUT2D eigenvalue weighted by molar-refractivity contribution is -0.645. The van der Waals surface area contributed by atoms with Crippen molar-refractivity contribution in [2.24, 2.45) is 0 Å². The third kappa shape index (κ3) is 3.98. The average Bonchev–Trinajstić information content (AvgIpc) is 2.44. The van der Waals surface area contributed by atoms with Crippen LogP contribution in [0.25, 0.3) is 0 Å². The normalized spacial score (nSPS) is 11.9. The van der Waals surface area contributed by atoms with Crippen LogP contribution in [0.15, 0.2) is 58.2 Å². The van der Waals surface area contributed by atoms with E-state index in [9.17, 15) is 10.0 Å². The number of benzene rings is 1. The molecule has 0 aliphatic heterocycles. The van der Waals surface area contributed by atoms with E-state index in [4.69, 9.17) is 0 Å². The molecule has 2 rings (SSSR count). The summed E-state index contributed by atoms with van der Waals surface area (Å²) in [6.45, 7) is 1.77. The van der Waals surface area contributed by atoms with Crippen molar-refractivity contribution < 1.29 is 9.52 Å². The molecule has 4 nitrogen and oxygen atoms in total. The number of amides is 1. The molecule has 1 aromatic heterocycles. The number of hydrogen-bond donors (Lipinski definition) is 1. The molecule has 2 aromatic rings. The molecule has 1 aromatic carbocycles. The van der Waals surface area contributed by atoms with E-state index in [1.165, 1.54) is 18.0 Å². The van der Waals surface area contributed by atoms with Crippen molar-refractivity contribution in [1.82, 2.24) is 0 Å². The minimum Gasteiger partial charge on any atom is -0.618 e. The predicted molar refractivity (Wildman–Crippen MR) is 83.5 cm³/mol. The second kappa shape index (κ2) is 6.76. The first kappa shape index (κ1) is 14.9. The maximum Gasteiger partial charge on any atom is 0.252 e.